The Morgan fingerprint density at radius 3 is 2.86 bits per heavy atom. The lowest BCUT2D eigenvalue weighted by Crippen LogP contribution is -2.35. The smallest absolute Gasteiger partial charge is 0.234 e. The maximum atomic E-state index is 12.8. The topological polar surface area (TPSA) is 74.8 Å². The first-order chi connectivity index (χ1) is 10.8. The van der Waals surface area contributed by atoms with Crippen LogP contribution in [0.2, 0.25) is 0 Å². The fraction of sp³-hybridized carbons (Fsp3) is 0.250. The van der Waals surface area contributed by atoms with Crippen molar-refractivity contribution in [2.75, 3.05) is 4.90 Å². The van der Waals surface area contributed by atoms with Crippen LogP contribution < -0.4 is 4.90 Å². The van der Waals surface area contributed by atoms with Crippen LogP contribution in [0.1, 0.15) is 19.3 Å². The second-order valence-electron chi connectivity index (χ2n) is 5.51. The molecule has 3 aromatic rings. The fourth-order valence-electron chi connectivity index (χ4n) is 2.67. The summed E-state index contributed by atoms with van der Waals surface area (Å²) >= 11 is 0. The highest BCUT2D eigenvalue weighted by Crippen LogP contribution is 2.34. The van der Waals surface area contributed by atoms with Crippen molar-refractivity contribution < 1.29 is 4.79 Å². The number of nitrogens with zero attached hydrogens (tertiary/aromatic N) is 4. The van der Waals surface area contributed by atoms with Gasteiger partial charge in [-0.05, 0) is 31.0 Å². The van der Waals surface area contributed by atoms with Gasteiger partial charge in [0.2, 0.25) is 5.91 Å². The number of carbonyl (C=O) groups is 1. The van der Waals surface area contributed by atoms with Gasteiger partial charge in [0.05, 0.1) is 30.0 Å². The van der Waals surface area contributed by atoms with Gasteiger partial charge in [-0.2, -0.15) is 5.10 Å². The van der Waals surface area contributed by atoms with Crippen molar-refractivity contribution in [3.63, 3.8) is 0 Å². The van der Waals surface area contributed by atoms with Crippen molar-refractivity contribution in [2.45, 2.75) is 19.3 Å². The van der Waals surface area contributed by atoms with Gasteiger partial charge in [-0.1, -0.05) is 6.42 Å². The van der Waals surface area contributed by atoms with Gasteiger partial charge in [0.15, 0.2) is 5.65 Å². The summed E-state index contributed by atoms with van der Waals surface area (Å²) in [6, 6.07) is 5.65. The minimum absolute atomic E-state index is 0.0975. The normalized spacial score (nSPS) is 14.7. The maximum Gasteiger partial charge on any atom is 0.234 e. The van der Waals surface area contributed by atoms with Crippen LogP contribution in [0.3, 0.4) is 0 Å². The number of amides is 1. The first-order valence-electron chi connectivity index (χ1n) is 7.36. The highest BCUT2D eigenvalue weighted by atomic mass is 16.2. The molecule has 3 heterocycles. The Morgan fingerprint density at radius 1 is 1.23 bits per heavy atom. The van der Waals surface area contributed by atoms with E-state index in [0.717, 1.165) is 36.0 Å². The van der Waals surface area contributed by atoms with Crippen LogP contribution in [0.5, 0.6) is 0 Å². The average Bonchev–Trinajstić information content (AvgIpc) is 2.94. The van der Waals surface area contributed by atoms with Gasteiger partial charge in [-0.15, -0.1) is 0 Å². The van der Waals surface area contributed by atoms with Gasteiger partial charge in [0.25, 0.3) is 0 Å². The molecule has 110 valence electrons. The zero-order chi connectivity index (χ0) is 14.9. The summed E-state index contributed by atoms with van der Waals surface area (Å²) in [6.45, 7) is 0. The molecule has 1 N–H and O–H groups in total. The number of anilines is 2. The molecule has 3 aromatic heterocycles. The average molecular weight is 293 g/mol. The van der Waals surface area contributed by atoms with Crippen LogP contribution in [0, 0.1) is 5.92 Å². The SMILES string of the molecule is O=C(C1CCC1)N(c1cccnc1)c1cnc2[nH]ncc2c1. The van der Waals surface area contributed by atoms with Gasteiger partial charge in [0, 0.05) is 17.5 Å². The van der Waals surface area contributed by atoms with E-state index in [1.807, 2.05) is 18.2 Å². The number of carbonyl (C=O) groups excluding carboxylic acids is 1. The molecular weight excluding hydrogens is 278 g/mol. The lowest BCUT2D eigenvalue weighted by atomic mass is 9.84. The van der Waals surface area contributed by atoms with E-state index >= 15 is 0 Å². The van der Waals surface area contributed by atoms with Crippen molar-refractivity contribution in [2.24, 2.45) is 5.92 Å². The standard InChI is InChI=1S/C16H15N5O/c22-16(11-3-1-4-11)21(13-5-2-6-17-9-13)14-7-12-8-19-20-15(12)18-10-14/h2,5-11H,1,3-4H2,(H,18,19,20). The van der Waals surface area contributed by atoms with Crippen molar-refractivity contribution >= 4 is 28.3 Å². The van der Waals surface area contributed by atoms with E-state index in [4.69, 9.17) is 0 Å². The third-order valence-corrected chi connectivity index (χ3v) is 4.11. The molecule has 22 heavy (non-hydrogen) atoms. The summed E-state index contributed by atoms with van der Waals surface area (Å²) in [5, 5.41) is 7.68. The zero-order valence-corrected chi connectivity index (χ0v) is 11.9. The molecule has 0 unspecified atom stereocenters. The Morgan fingerprint density at radius 2 is 2.14 bits per heavy atom. The molecule has 1 amide bonds. The molecule has 6 nitrogen and oxygen atoms in total. The quantitative estimate of drug-likeness (QED) is 0.805. The monoisotopic (exact) mass is 293 g/mol. The number of hydrogen-bond donors (Lipinski definition) is 1. The highest BCUT2D eigenvalue weighted by Gasteiger charge is 2.31. The second kappa shape index (κ2) is 5.22. The van der Waals surface area contributed by atoms with E-state index in [9.17, 15) is 4.79 Å². The molecule has 0 aliphatic heterocycles. The number of nitrogens with one attached hydrogen (secondary N) is 1. The minimum atomic E-state index is 0.0975. The minimum Gasteiger partial charge on any atom is -0.278 e. The molecule has 0 atom stereocenters. The van der Waals surface area contributed by atoms with E-state index < -0.39 is 0 Å². The van der Waals surface area contributed by atoms with E-state index in [1.54, 1.807) is 29.7 Å². The Balaban J connectivity index is 1.80. The molecule has 6 heteroatoms. The summed E-state index contributed by atoms with van der Waals surface area (Å²) in [6.07, 6.45) is 9.85. The number of aromatic amines is 1. The molecule has 0 radical (unpaired) electrons. The first kappa shape index (κ1) is 12.9. The van der Waals surface area contributed by atoms with Gasteiger partial charge < -0.3 is 0 Å². The molecule has 1 aliphatic rings. The number of H-pyrrole nitrogens is 1. The van der Waals surface area contributed by atoms with Crippen molar-refractivity contribution in [1.29, 1.82) is 0 Å². The van der Waals surface area contributed by atoms with Gasteiger partial charge in [0.1, 0.15) is 0 Å². The number of aromatic nitrogens is 4. The van der Waals surface area contributed by atoms with Crippen LogP contribution in [0.25, 0.3) is 11.0 Å². The summed E-state index contributed by atoms with van der Waals surface area (Å²) in [5.41, 5.74) is 2.23. The lowest BCUT2D eigenvalue weighted by Gasteiger charge is -2.31. The molecule has 0 saturated heterocycles. The number of fused-ring (bicyclic) bond motifs is 1. The third kappa shape index (κ3) is 2.13. The predicted octanol–water partition coefficient (Wildman–Crippen LogP) is 2.82. The zero-order valence-electron chi connectivity index (χ0n) is 11.9. The van der Waals surface area contributed by atoms with Crippen molar-refractivity contribution in [3.8, 4) is 0 Å². The molecule has 0 bridgehead atoms. The van der Waals surface area contributed by atoms with Crippen LogP contribution in [-0.4, -0.2) is 26.1 Å². The van der Waals surface area contributed by atoms with E-state index in [0.29, 0.717) is 5.65 Å². The van der Waals surface area contributed by atoms with Crippen LogP contribution in [0.4, 0.5) is 11.4 Å². The van der Waals surface area contributed by atoms with E-state index in [-0.39, 0.29) is 11.8 Å². The Bertz CT molecular complexity index is 810. The molecular formula is C16H15N5O. The van der Waals surface area contributed by atoms with Crippen molar-refractivity contribution in [3.05, 3.63) is 43.0 Å². The van der Waals surface area contributed by atoms with Crippen LogP contribution in [-0.2, 0) is 4.79 Å². The van der Waals surface area contributed by atoms with Crippen LogP contribution >= 0.6 is 0 Å². The molecule has 4 rings (SSSR count). The molecule has 1 fully saturated rings. The maximum absolute atomic E-state index is 12.8. The van der Waals surface area contributed by atoms with Gasteiger partial charge >= 0.3 is 0 Å². The molecule has 0 spiro atoms. The van der Waals surface area contributed by atoms with Gasteiger partial charge in [-0.25, -0.2) is 4.98 Å². The predicted molar refractivity (Wildman–Crippen MR) is 82.6 cm³/mol. The Kier molecular flexibility index (Phi) is 3.07. The molecule has 0 aromatic carbocycles. The summed E-state index contributed by atoms with van der Waals surface area (Å²) in [7, 11) is 0. The first-order valence-corrected chi connectivity index (χ1v) is 7.36. The van der Waals surface area contributed by atoms with Gasteiger partial charge in [-0.3, -0.25) is 19.8 Å². The highest BCUT2D eigenvalue weighted by molar-refractivity contribution is 6.02. The van der Waals surface area contributed by atoms with E-state index in [1.165, 1.54) is 0 Å². The third-order valence-electron chi connectivity index (χ3n) is 4.11. The second-order valence-corrected chi connectivity index (χ2v) is 5.51. The fourth-order valence-corrected chi connectivity index (χ4v) is 2.67. The number of rotatable bonds is 3. The Hall–Kier alpha value is -2.76. The summed E-state index contributed by atoms with van der Waals surface area (Å²) in [4.78, 5) is 23.0. The lowest BCUT2D eigenvalue weighted by molar-refractivity contribution is -0.123. The number of pyridine rings is 2. The van der Waals surface area contributed by atoms with Crippen molar-refractivity contribution in [1.82, 2.24) is 20.2 Å². The Labute approximate surface area is 127 Å². The van der Waals surface area contributed by atoms with E-state index in [2.05, 4.69) is 20.2 Å². The summed E-state index contributed by atoms with van der Waals surface area (Å²) in [5.74, 6) is 0.212. The molecule has 1 saturated carbocycles. The van der Waals surface area contributed by atoms with Crippen LogP contribution in [0.15, 0.2) is 43.0 Å². The number of hydrogen-bond acceptors (Lipinski definition) is 4. The molecule has 1 aliphatic carbocycles. The summed E-state index contributed by atoms with van der Waals surface area (Å²) < 4.78 is 0. The largest absolute Gasteiger partial charge is 0.278 e.